The van der Waals surface area contributed by atoms with E-state index in [1.54, 1.807) is 6.92 Å². The van der Waals surface area contributed by atoms with Gasteiger partial charge in [0.2, 0.25) is 5.91 Å². The summed E-state index contributed by atoms with van der Waals surface area (Å²) in [6, 6.07) is 14.2. The summed E-state index contributed by atoms with van der Waals surface area (Å²) in [6.07, 6.45) is 0. The third-order valence-electron chi connectivity index (χ3n) is 4.93. The number of carbonyl (C=O) groups is 1. The van der Waals surface area contributed by atoms with Crippen molar-refractivity contribution in [3.05, 3.63) is 48.0 Å². The number of amides is 1. The van der Waals surface area contributed by atoms with Crippen LogP contribution >= 0.6 is 0 Å². The molecular weight excluding hydrogens is 328 g/mol. The highest BCUT2D eigenvalue weighted by molar-refractivity contribution is 5.95. The van der Waals surface area contributed by atoms with Gasteiger partial charge in [0.05, 0.1) is 11.4 Å². The van der Waals surface area contributed by atoms with E-state index in [1.165, 1.54) is 0 Å². The van der Waals surface area contributed by atoms with Gasteiger partial charge in [-0.3, -0.25) is 4.79 Å². The molecule has 1 atom stereocenters. The van der Waals surface area contributed by atoms with Crippen molar-refractivity contribution in [2.24, 2.45) is 5.92 Å². The first kappa shape index (κ1) is 16.8. The van der Waals surface area contributed by atoms with Crippen LogP contribution in [0.4, 0.5) is 11.4 Å². The van der Waals surface area contributed by atoms with Crippen LogP contribution in [0.25, 0.3) is 0 Å². The number of hydrogen-bond acceptors (Lipinski definition) is 4. The predicted molar refractivity (Wildman–Crippen MR) is 102 cm³/mol. The number of rotatable bonds is 2. The van der Waals surface area contributed by atoms with E-state index in [1.807, 2.05) is 35.2 Å². The van der Waals surface area contributed by atoms with Gasteiger partial charge in [0.1, 0.15) is 13.2 Å². The Morgan fingerprint density at radius 3 is 2.62 bits per heavy atom. The first-order valence-electron chi connectivity index (χ1n) is 9.13. The molecule has 0 aromatic heterocycles. The molecule has 2 aromatic rings. The minimum absolute atomic E-state index is 0.0833. The molecule has 0 saturated heterocycles. The molecule has 0 bridgehead atoms. The monoisotopic (exact) mass is 352 g/mol. The van der Waals surface area contributed by atoms with Gasteiger partial charge in [-0.25, -0.2) is 0 Å². The maximum Gasteiger partial charge on any atom is 0.223 e. The number of carbonyl (C=O) groups excluding carboxylic acids is 1. The van der Waals surface area contributed by atoms with Gasteiger partial charge in [-0.1, -0.05) is 31.2 Å². The lowest BCUT2D eigenvalue weighted by atomic mass is 10.1. The lowest BCUT2D eigenvalue weighted by molar-refractivity contribution is -0.116. The Labute approximate surface area is 154 Å². The molecule has 4 rings (SSSR count). The third kappa shape index (κ3) is 3.09. The van der Waals surface area contributed by atoms with Crippen molar-refractivity contribution in [2.45, 2.75) is 20.4 Å². The molecule has 136 valence electrons. The van der Waals surface area contributed by atoms with Crippen LogP contribution in [-0.4, -0.2) is 32.2 Å². The highest BCUT2D eigenvalue weighted by Crippen LogP contribution is 2.38. The Kier molecular flexibility index (Phi) is 4.45. The Morgan fingerprint density at radius 1 is 1.04 bits per heavy atom. The number of fused-ring (bicyclic) bond motifs is 2. The fourth-order valence-electron chi connectivity index (χ4n) is 3.81. The molecule has 5 heteroatoms. The van der Waals surface area contributed by atoms with Crippen molar-refractivity contribution in [3.63, 3.8) is 0 Å². The molecule has 26 heavy (non-hydrogen) atoms. The molecule has 0 unspecified atom stereocenters. The van der Waals surface area contributed by atoms with Gasteiger partial charge >= 0.3 is 0 Å². The molecule has 2 aliphatic rings. The Balaban J connectivity index is 1.72. The average molecular weight is 352 g/mol. The van der Waals surface area contributed by atoms with E-state index >= 15 is 0 Å². The molecule has 0 N–H and O–H groups in total. The molecular formula is C21H24N2O3. The van der Waals surface area contributed by atoms with E-state index in [4.69, 9.17) is 9.47 Å². The van der Waals surface area contributed by atoms with Crippen LogP contribution in [-0.2, 0) is 11.3 Å². The van der Waals surface area contributed by atoms with Crippen molar-refractivity contribution in [1.82, 2.24) is 0 Å². The lowest BCUT2D eigenvalue weighted by Crippen LogP contribution is -2.33. The first-order chi connectivity index (χ1) is 12.6. The molecule has 0 aliphatic carbocycles. The highest BCUT2D eigenvalue weighted by Gasteiger charge is 2.27. The van der Waals surface area contributed by atoms with E-state index in [2.05, 4.69) is 24.0 Å². The van der Waals surface area contributed by atoms with Gasteiger partial charge in [0.15, 0.2) is 11.5 Å². The van der Waals surface area contributed by atoms with Crippen molar-refractivity contribution in [1.29, 1.82) is 0 Å². The van der Waals surface area contributed by atoms with Crippen molar-refractivity contribution in [3.8, 4) is 11.5 Å². The second kappa shape index (κ2) is 6.90. The fraction of sp³-hybridized carbons (Fsp3) is 0.381. The summed E-state index contributed by atoms with van der Waals surface area (Å²) < 4.78 is 11.6. The van der Waals surface area contributed by atoms with Gasteiger partial charge < -0.3 is 19.3 Å². The summed E-state index contributed by atoms with van der Waals surface area (Å²) in [6.45, 7) is 7.33. The largest absolute Gasteiger partial charge is 0.486 e. The quantitative estimate of drug-likeness (QED) is 0.830. The van der Waals surface area contributed by atoms with Gasteiger partial charge in [-0.2, -0.15) is 0 Å². The second-order valence-corrected chi connectivity index (χ2v) is 7.05. The summed E-state index contributed by atoms with van der Waals surface area (Å²) in [5.74, 6) is 2.11. The third-order valence-corrected chi connectivity index (χ3v) is 4.93. The molecule has 0 fully saturated rings. The highest BCUT2D eigenvalue weighted by atomic mass is 16.6. The normalized spacial score (nSPS) is 18.9. The van der Waals surface area contributed by atoms with Crippen molar-refractivity contribution in [2.75, 3.05) is 36.1 Å². The van der Waals surface area contributed by atoms with Crippen LogP contribution in [0.1, 0.15) is 19.4 Å². The van der Waals surface area contributed by atoms with Crippen molar-refractivity contribution < 1.29 is 14.3 Å². The Hall–Kier alpha value is -2.69. The molecule has 2 aliphatic heterocycles. The van der Waals surface area contributed by atoms with E-state index in [0.717, 1.165) is 48.1 Å². The first-order valence-corrected chi connectivity index (χ1v) is 9.13. The predicted octanol–water partition coefficient (Wildman–Crippen LogP) is 3.47. The summed E-state index contributed by atoms with van der Waals surface area (Å²) >= 11 is 0. The summed E-state index contributed by atoms with van der Waals surface area (Å²) in [7, 11) is 0. The van der Waals surface area contributed by atoms with Crippen LogP contribution in [0.15, 0.2) is 42.5 Å². The maximum absolute atomic E-state index is 12.2. The zero-order valence-electron chi connectivity index (χ0n) is 15.3. The Morgan fingerprint density at radius 2 is 1.81 bits per heavy atom. The average Bonchev–Trinajstić information content (AvgIpc) is 2.79. The van der Waals surface area contributed by atoms with Gasteiger partial charge in [0, 0.05) is 32.1 Å². The van der Waals surface area contributed by atoms with E-state index < -0.39 is 0 Å². The van der Waals surface area contributed by atoms with Gasteiger partial charge in [0.25, 0.3) is 0 Å². The number of ether oxygens (including phenoxy) is 2. The number of benzene rings is 2. The maximum atomic E-state index is 12.2. The minimum Gasteiger partial charge on any atom is -0.486 e. The van der Waals surface area contributed by atoms with E-state index in [0.29, 0.717) is 19.1 Å². The number of anilines is 2. The summed E-state index contributed by atoms with van der Waals surface area (Å²) in [5.41, 5.74) is 3.17. The molecule has 0 saturated carbocycles. The van der Waals surface area contributed by atoms with Gasteiger partial charge in [-0.05, 0) is 24.1 Å². The molecule has 0 spiro atoms. The van der Waals surface area contributed by atoms with Gasteiger partial charge in [-0.15, -0.1) is 0 Å². The van der Waals surface area contributed by atoms with Crippen LogP contribution in [0.2, 0.25) is 0 Å². The lowest BCUT2D eigenvalue weighted by Gasteiger charge is -2.28. The smallest absolute Gasteiger partial charge is 0.223 e. The number of nitrogens with zero attached hydrogens (tertiary/aromatic N) is 2. The zero-order chi connectivity index (χ0) is 18.1. The molecule has 5 nitrogen and oxygen atoms in total. The van der Waals surface area contributed by atoms with Crippen LogP contribution < -0.4 is 19.3 Å². The second-order valence-electron chi connectivity index (χ2n) is 7.05. The van der Waals surface area contributed by atoms with Crippen LogP contribution in [0.5, 0.6) is 11.5 Å². The number of hydrogen-bond donors (Lipinski definition) is 0. The summed E-state index contributed by atoms with van der Waals surface area (Å²) in [4.78, 5) is 16.4. The Bertz CT molecular complexity index is 821. The standard InChI is InChI=1S/C21H24N2O3/c1-15-12-22(14-17-6-5-9-20-21(17)26-11-10-25-20)18-7-3-4-8-19(18)23(13-15)16(2)24/h3-9,15H,10-14H2,1-2H3/t15-/m1/s1. The molecule has 2 aromatic carbocycles. The van der Waals surface area contributed by atoms with E-state index in [9.17, 15) is 4.79 Å². The van der Waals surface area contributed by atoms with Crippen molar-refractivity contribution >= 4 is 17.3 Å². The molecule has 1 amide bonds. The topological polar surface area (TPSA) is 42.0 Å². The minimum atomic E-state index is 0.0833. The van der Waals surface area contributed by atoms with Crippen LogP contribution in [0.3, 0.4) is 0 Å². The fourth-order valence-corrected chi connectivity index (χ4v) is 3.81. The van der Waals surface area contributed by atoms with Crippen LogP contribution in [0, 0.1) is 5.92 Å². The molecule has 0 radical (unpaired) electrons. The number of para-hydroxylation sites is 3. The van der Waals surface area contributed by atoms with E-state index in [-0.39, 0.29) is 5.91 Å². The summed E-state index contributed by atoms with van der Waals surface area (Å²) in [5, 5.41) is 0. The zero-order valence-corrected chi connectivity index (χ0v) is 15.3. The SMILES string of the molecule is CC(=O)N1C[C@H](C)CN(Cc2cccc3c2OCCO3)c2ccccc21. The molecule has 2 heterocycles.